The normalized spacial score (nSPS) is 12.9. The van der Waals surface area contributed by atoms with Crippen LogP contribution in [0.3, 0.4) is 0 Å². The van der Waals surface area contributed by atoms with Crippen LogP contribution in [0.15, 0.2) is 18.2 Å². The van der Waals surface area contributed by atoms with Gasteiger partial charge in [0.15, 0.2) is 0 Å². The van der Waals surface area contributed by atoms with Crippen LogP contribution in [0.4, 0.5) is 0 Å². The van der Waals surface area contributed by atoms with Gasteiger partial charge < -0.3 is 5.32 Å². The second kappa shape index (κ2) is 5.17. The zero-order valence-electron chi connectivity index (χ0n) is 7.77. The second-order valence-corrected chi connectivity index (χ2v) is 4.54. The van der Waals surface area contributed by atoms with Gasteiger partial charge in [0.25, 0.3) is 0 Å². The Morgan fingerprint density at radius 2 is 2.23 bits per heavy atom. The van der Waals surface area contributed by atoms with E-state index in [9.17, 15) is 0 Å². The van der Waals surface area contributed by atoms with E-state index in [4.69, 9.17) is 11.6 Å². The predicted octanol–water partition coefficient (Wildman–Crippen LogP) is 3.62. The number of rotatable bonds is 3. The minimum Gasteiger partial charge on any atom is -0.310 e. The van der Waals surface area contributed by atoms with Gasteiger partial charge in [-0.25, -0.2) is 0 Å². The fraction of sp³-hybridized carbons (Fsp3) is 0.400. The molecule has 0 aliphatic carbocycles. The third-order valence-electron chi connectivity index (χ3n) is 1.93. The standard InChI is InChI=1S/C10H13ClIN/c1-3-13-7(2)9-6-8(11)4-5-10(9)12/h4-7,13H,3H2,1-2H3. The quantitative estimate of drug-likeness (QED) is 0.841. The Labute approximate surface area is 98.0 Å². The van der Waals surface area contributed by atoms with E-state index >= 15 is 0 Å². The molecule has 3 heteroatoms. The van der Waals surface area contributed by atoms with Crippen LogP contribution in [-0.2, 0) is 0 Å². The topological polar surface area (TPSA) is 12.0 Å². The van der Waals surface area contributed by atoms with Crippen LogP contribution in [0.1, 0.15) is 25.5 Å². The fourth-order valence-electron chi connectivity index (χ4n) is 1.26. The molecule has 0 spiro atoms. The van der Waals surface area contributed by atoms with E-state index in [2.05, 4.69) is 41.8 Å². The molecule has 1 atom stereocenters. The van der Waals surface area contributed by atoms with Gasteiger partial charge in [0.05, 0.1) is 0 Å². The maximum absolute atomic E-state index is 5.93. The molecular formula is C10H13ClIN. The summed E-state index contributed by atoms with van der Waals surface area (Å²) in [6.07, 6.45) is 0. The summed E-state index contributed by atoms with van der Waals surface area (Å²) < 4.78 is 1.26. The highest BCUT2D eigenvalue weighted by Crippen LogP contribution is 2.23. The molecule has 0 saturated carbocycles. The maximum atomic E-state index is 5.93. The first-order valence-electron chi connectivity index (χ1n) is 4.33. The zero-order chi connectivity index (χ0) is 9.84. The van der Waals surface area contributed by atoms with Crippen molar-refractivity contribution in [2.24, 2.45) is 0 Å². The lowest BCUT2D eigenvalue weighted by Crippen LogP contribution is -2.18. The molecule has 1 aromatic rings. The van der Waals surface area contributed by atoms with Gasteiger partial charge in [-0.3, -0.25) is 0 Å². The zero-order valence-corrected chi connectivity index (χ0v) is 10.7. The van der Waals surface area contributed by atoms with Gasteiger partial charge in [-0.15, -0.1) is 0 Å². The van der Waals surface area contributed by atoms with Crippen LogP contribution in [0.25, 0.3) is 0 Å². The number of benzene rings is 1. The van der Waals surface area contributed by atoms with Crippen LogP contribution in [0, 0.1) is 3.57 Å². The van der Waals surface area contributed by atoms with Gasteiger partial charge in [-0.1, -0.05) is 18.5 Å². The molecular weight excluding hydrogens is 296 g/mol. The Hall–Kier alpha value is 0.200. The van der Waals surface area contributed by atoms with E-state index in [1.165, 1.54) is 9.13 Å². The van der Waals surface area contributed by atoms with Crippen LogP contribution in [0.2, 0.25) is 5.02 Å². The number of hydrogen-bond donors (Lipinski definition) is 1. The summed E-state index contributed by atoms with van der Waals surface area (Å²) in [6.45, 7) is 5.23. The molecule has 0 aromatic heterocycles. The second-order valence-electron chi connectivity index (χ2n) is 2.95. The highest BCUT2D eigenvalue weighted by atomic mass is 127. The first-order valence-corrected chi connectivity index (χ1v) is 5.79. The summed E-state index contributed by atoms with van der Waals surface area (Å²) in [6, 6.07) is 6.37. The van der Waals surface area contributed by atoms with Gasteiger partial charge in [-0.2, -0.15) is 0 Å². The van der Waals surface area contributed by atoms with Crippen molar-refractivity contribution >= 4 is 34.2 Å². The number of hydrogen-bond acceptors (Lipinski definition) is 1. The lowest BCUT2D eigenvalue weighted by atomic mass is 10.1. The molecule has 72 valence electrons. The minimum atomic E-state index is 0.371. The van der Waals surface area contributed by atoms with Crippen molar-refractivity contribution in [3.63, 3.8) is 0 Å². The highest BCUT2D eigenvalue weighted by Gasteiger charge is 2.07. The summed E-state index contributed by atoms with van der Waals surface area (Å²) >= 11 is 8.26. The van der Waals surface area contributed by atoms with Crippen molar-refractivity contribution in [3.05, 3.63) is 32.4 Å². The molecule has 1 nitrogen and oxygen atoms in total. The van der Waals surface area contributed by atoms with Gasteiger partial charge >= 0.3 is 0 Å². The van der Waals surface area contributed by atoms with E-state index < -0.39 is 0 Å². The molecule has 0 fully saturated rings. The molecule has 0 radical (unpaired) electrons. The van der Waals surface area contributed by atoms with Crippen molar-refractivity contribution in [2.45, 2.75) is 19.9 Å². The Bertz CT molecular complexity index is 288. The molecule has 0 aliphatic heterocycles. The van der Waals surface area contributed by atoms with Gasteiger partial charge in [0, 0.05) is 14.6 Å². The van der Waals surface area contributed by atoms with Gasteiger partial charge in [0.1, 0.15) is 0 Å². The Kier molecular flexibility index (Phi) is 4.49. The van der Waals surface area contributed by atoms with Gasteiger partial charge in [-0.05, 0) is 59.8 Å². The van der Waals surface area contributed by atoms with Crippen LogP contribution in [0.5, 0.6) is 0 Å². The Morgan fingerprint density at radius 3 is 2.85 bits per heavy atom. The summed E-state index contributed by atoms with van der Waals surface area (Å²) in [5.74, 6) is 0. The molecule has 1 rings (SSSR count). The number of halogens is 2. The summed E-state index contributed by atoms with van der Waals surface area (Å²) in [5.41, 5.74) is 1.27. The minimum absolute atomic E-state index is 0.371. The molecule has 1 N–H and O–H groups in total. The number of nitrogens with one attached hydrogen (secondary N) is 1. The van der Waals surface area contributed by atoms with E-state index in [0.29, 0.717) is 6.04 Å². The van der Waals surface area contributed by atoms with Crippen molar-refractivity contribution in [3.8, 4) is 0 Å². The summed E-state index contributed by atoms with van der Waals surface area (Å²) in [5, 5.41) is 4.17. The highest BCUT2D eigenvalue weighted by molar-refractivity contribution is 14.1. The van der Waals surface area contributed by atoms with Crippen LogP contribution < -0.4 is 5.32 Å². The molecule has 13 heavy (non-hydrogen) atoms. The average molecular weight is 310 g/mol. The van der Waals surface area contributed by atoms with E-state index in [0.717, 1.165) is 11.6 Å². The molecule has 1 aromatic carbocycles. The van der Waals surface area contributed by atoms with E-state index in [-0.39, 0.29) is 0 Å². The maximum Gasteiger partial charge on any atom is 0.0410 e. The third-order valence-corrected chi connectivity index (χ3v) is 3.15. The Morgan fingerprint density at radius 1 is 1.54 bits per heavy atom. The van der Waals surface area contributed by atoms with Crippen molar-refractivity contribution in [1.29, 1.82) is 0 Å². The summed E-state index contributed by atoms with van der Waals surface area (Å²) in [4.78, 5) is 0. The van der Waals surface area contributed by atoms with E-state index in [1.54, 1.807) is 0 Å². The predicted molar refractivity (Wildman–Crippen MR) is 66.3 cm³/mol. The molecule has 0 heterocycles. The lowest BCUT2D eigenvalue weighted by Gasteiger charge is -2.14. The largest absolute Gasteiger partial charge is 0.310 e. The van der Waals surface area contributed by atoms with Crippen LogP contribution in [-0.4, -0.2) is 6.54 Å². The van der Waals surface area contributed by atoms with Crippen molar-refractivity contribution in [1.82, 2.24) is 5.32 Å². The molecule has 1 unspecified atom stereocenters. The van der Waals surface area contributed by atoms with Crippen LogP contribution >= 0.6 is 34.2 Å². The average Bonchev–Trinajstić information content (AvgIpc) is 2.09. The van der Waals surface area contributed by atoms with Crippen molar-refractivity contribution in [2.75, 3.05) is 6.54 Å². The molecule has 0 aliphatic rings. The first kappa shape index (κ1) is 11.3. The fourth-order valence-corrected chi connectivity index (χ4v) is 2.25. The van der Waals surface area contributed by atoms with Crippen molar-refractivity contribution < 1.29 is 0 Å². The first-order chi connectivity index (χ1) is 6.15. The lowest BCUT2D eigenvalue weighted by molar-refractivity contribution is 0.596. The smallest absolute Gasteiger partial charge is 0.0410 e. The third kappa shape index (κ3) is 3.11. The molecule has 0 bridgehead atoms. The summed E-state index contributed by atoms with van der Waals surface area (Å²) in [7, 11) is 0. The van der Waals surface area contributed by atoms with E-state index in [1.807, 2.05) is 18.2 Å². The monoisotopic (exact) mass is 309 g/mol. The Balaban J connectivity index is 2.91. The SMILES string of the molecule is CCNC(C)c1cc(Cl)ccc1I. The molecule has 0 amide bonds. The van der Waals surface area contributed by atoms with Gasteiger partial charge in [0.2, 0.25) is 0 Å². The molecule has 0 saturated heterocycles.